The molecule has 3 rings (SSSR count). The average Bonchev–Trinajstić information content (AvgIpc) is 3.11. The molecule has 0 bridgehead atoms. The molecule has 0 saturated carbocycles. The normalized spacial score (nSPS) is 18.1. The fourth-order valence-electron chi connectivity index (χ4n) is 2.08. The lowest BCUT2D eigenvalue weighted by Crippen LogP contribution is -2.12. The van der Waals surface area contributed by atoms with E-state index in [1.165, 1.54) is 11.3 Å². The number of halogens is 1. The van der Waals surface area contributed by atoms with Gasteiger partial charge in [0, 0.05) is 10.7 Å². The van der Waals surface area contributed by atoms with E-state index < -0.39 is 0 Å². The molecular formula is C13H13ClN4OS. The van der Waals surface area contributed by atoms with Gasteiger partial charge < -0.3 is 10.6 Å². The SMILES string of the molecule is O=C(Nc1ccc(Cl)cc1)c1nnc([C@@H]2CCCN2)s1. The van der Waals surface area contributed by atoms with Gasteiger partial charge in [-0.25, -0.2) is 0 Å². The van der Waals surface area contributed by atoms with Gasteiger partial charge in [-0.3, -0.25) is 4.79 Å². The minimum absolute atomic E-state index is 0.240. The highest BCUT2D eigenvalue weighted by Crippen LogP contribution is 2.26. The fraction of sp³-hybridized carbons (Fsp3) is 0.308. The number of amides is 1. The van der Waals surface area contributed by atoms with E-state index in [2.05, 4.69) is 20.8 Å². The molecule has 20 heavy (non-hydrogen) atoms. The summed E-state index contributed by atoms with van der Waals surface area (Å²) < 4.78 is 0. The van der Waals surface area contributed by atoms with Crippen LogP contribution in [0.4, 0.5) is 5.69 Å². The highest BCUT2D eigenvalue weighted by atomic mass is 35.5. The third-order valence-electron chi connectivity index (χ3n) is 3.10. The zero-order valence-electron chi connectivity index (χ0n) is 10.6. The van der Waals surface area contributed by atoms with E-state index in [0.29, 0.717) is 15.7 Å². The number of hydrogen-bond donors (Lipinski definition) is 2. The Morgan fingerprint density at radius 2 is 2.15 bits per heavy atom. The highest BCUT2D eigenvalue weighted by molar-refractivity contribution is 7.13. The van der Waals surface area contributed by atoms with E-state index in [1.807, 2.05) is 0 Å². The third-order valence-corrected chi connectivity index (χ3v) is 4.38. The van der Waals surface area contributed by atoms with E-state index in [9.17, 15) is 4.79 Å². The van der Waals surface area contributed by atoms with Gasteiger partial charge in [0.05, 0.1) is 6.04 Å². The van der Waals surface area contributed by atoms with Gasteiger partial charge in [-0.1, -0.05) is 22.9 Å². The molecule has 2 aromatic rings. The topological polar surface area (TPSA) is 66.9 Å². The summed E-state index contributed by atoms with van der Waals surface area (Å²) >= 11 is 7.14. The predicted molar refractivity (Wildman–Crippen MR) is 79.3 cm³/mol. The van der Waals surface area contributed by atoms with Gasteiger partial charge in [0.25, 0.3) is 5.91 Å². The Labute approximate surface area is 125 Å². The van der Waals surface area contributed by atoms with Crippen LogP contribution in [-0.4, -0.2) is 22.6 Å². The number of benzene rings is 1. The molecule has 2 N–H and O–H groups in total. The first-order valence-electron chi connectivity index (χ1n) is 6.36. The standard InChI is InChI=1S/C13H13ClN4OS/c14-8-3-5-9(6-4-8)16-11(19)13-18-17-12(20-13)10-2-1-7-15-10/h3-6,10,15H,1-2,7H2,(H,16,19)/t10-/m0/s1. The van der Waals surface area contributed by atoms with Gasteiger partial charge in [-0.2, -0.15) is 0 Å². The summed E-state index contributed by atoms with van der Waals surface area (Å²) in [5.74, 6) is -0.242. The molecule has 1 atom stereocenters. The Hall–Kier alpha value is -1.50. The Balaban J connectivity index is 1.69. The second kappa shape index (κ2) is 5.87. The summed E-state index contributed by atoms with van der Waals surface area (Å²) in [5.41, 5.74) is 0.690. The monoisotopic (exact) mass is 308 g/mol. The lowest BCUT2D eigenvalue weighted by atomic mass is 10.2. The van der Waals surface area contributed by atoms with Crippen LogP contribution in [0.25, 0.3) is 0 Å². The van der Waals surface area contributed by atoms with Crippen LogP contribution in [0.15, 0.2) is 24.3 Å². The molecule has 0 radical (unpaired) electrons. The van der Waals surface area contributed by atoms with Crippen molar-refractivity contribution in [1.29, 1.82) is 0 Å². The van der Waals surface area contributed by atoms with Crippen molar-refractivity contribution in [3.8, 4) is 0 Å². The maximum absolute atomic E-state index is 12.1. The quantitative estimate of drug-likeness (QED) is 0.915. The Morgan fingerprint density at radius 3 is 2.85 bits per heavy atom. The molecule has 1 aromatic carbocycles. The van der Waals surface area contributed by atoms with Crippen molar-refractivity contribution in [2.45, 2.75) is 18.9 Å². The van der Waals surface area contributed by atoms with Gasteiger partial charge in [-0.15, -0.1) is 10.2 Å². The first-order chi connectivity index (χ1) is 9.72. The molecule has 1 aliphatic rings. The smallest absolute Gasteiger partial charge is 0.286 e. The predicted octanol–water partition coefficient (Wildman–Crippen LogP) is 2.87. The zero-order chi connectivity index (χ0) is 13.9. The first kappa shape index (κ1) is 13.5. The Morgan fingerprint density at radius 1 is 1.35 bits per heavy atom. The summed E-state index contributed by atoms with van der Waals surface area (Å²) in [6.45, 7) is 0.997. The molecule has 1 amide bonds. The summed E-state index contributed by atoms with van der Waals surface area (Å²) in [5, 5.41) is 16.1. The fourth-order valence-corrected chi connectivity index (χ4v) is 3.05. The van der Waals surface area contributed by atoms with Crippen LogP contribution in [0.5, 0.6) is 0 Å². The van der Waals surface area contributed by atoms with Gasteiger partial charge >= 0.3 is 0 Å². The molecule has 1 aromatic heterocycles. The van der Waals surface area contributed by atoms with Crippen LogP contribution in [0.2, 0.25) is 5.02 Å². The Bertz CT molecular complexity index is 607. The molecule has 1 saturated heterocycles. The number of hydrogen-bond acceptors (Lipinski definition) is 5. The van der Waals surface area contributed by atoms with Gasteiger partial charge in [-0.05, 0) is 43.7 Å². The number of anilines is 1. The van der Waals surface area contributed by atoms with Crippen LogP contribution < -0.4 is 10.6 Å². The Kier molecular flexibility index (Phi) is 3.95. The van der Waals surface area contributed by atoms with Crippen LogP contribution in [0, 0.1) is 0 Å². The number of nitrogens with zero attached hydrogens (tertiary/aromatic N) is 2. The van der Waals surface area contributed by atoms with Crippen molar-refractivity contribution in [3.63, 3.8) is 0 Å². The third kappa shape index (κ3) is 2.98. The maximum atomic E-state index is 12.1. The molecule has 5 nitrogen and oxygen atoms in total. The number of carbonyl (C=O) groups excluding carboxylic acids is 1. The van der Waals surface area contributed by atoms with E-state index in [-0.39, 0.29) is 11.9 Å². The molecule has 0 unspecified atom stereocenters. The summed E-state index contributed by atoms with van der Waals surface area (Å²) in [4.78, 5) is 12.1. The van der Waals surface area contributed by atoms with Crippen LogP contribution in [-0.2, 0) is 0 Å². The lowest BCUT2D eigenvalue weighted by molar-refractivity contribution is 0.102. The second-order valence-corrected chi connectivity index (χ2v) is 6.00. The van der Waals surface area contributed by atoms with Crippen LogP contribution in [0.3, 0.4) is 0 Å². The first-order valence-corrected chi connectivity index (χ1v) is 7.55. The summed E-state index contributed by atoms with van der Waals surface area (Å²) in [6, 6.07) is 7.20. The van der Waals surface area contributed by atoms with Crippen molar-refractivity contribution in [3.05, 3.63) is 39.3 Å². The van der Waals surface area contributed by atoms with E-state index in [0.717, 1.165) is 24.4 Å². The maximum Gasteiger partial charge on any atom is 0.286 e. The molecule has 1 aliphatic heterocycles. The largest absolute Gasteiger partial charge is 0.320 e. The van der Waals surface area contributed by atoms with Crippen molar-refractivity contribution >= 4 is 34.5 Å². The molecule has 1 fully saturated rings. The number of nitrogens with one attached hydrogen (secondary N) is 2. The molecule has 0 spiro atoms. The van der Waals surface area contributed by atoms with Crippen LogP contribution >= 0.6 is 22.9 Å². The number of carbonyl (C=O) groups is 1. The van der Waals surface area contributed by atoms with Gasteiger partial charge in [0.15, 0.2) is 0 Å². The molecule has 7 heteroatoms. The van der Waals surface area contributed by atoms with E-state index in [1.54, 1.807) is 24.3 Å². The van der Waals surface area contributed by atoms with Crippen molar-refractivity contribution in [1.82, 2.24) is 15.5 Å². The van der Waals surface area contributed by atoms with Crippen molar-refractivity contribution in [2.24, 2.45) is 0 Å². The van der Waals surface area contributed by atoms with Crippen molar-refractivity contribution in [2.75, 3.05) is 11.9 Å². The number of aromatic nitrogens is 2. The molecule has 0 aliphatic carbocycles. The zero-order valence-corrected chi connectivity index (χ0v) is 12.2. The van der Waals surface area contributed by atoms with Crippen LogP contribution in [0.1, 0.15) is 33.7 Å². The molecule has 2 heterocycles. The van der Waals surface area contributed by atoms with Gasteiger partial charge in [0.2, 0.25) is 5.01 Å². The van der Waals surface area contributed by atoms with Crippen molar-refractivity contribution < 1.29 is 4.79 Å². The highest BCUT2D eigenvalue weighted by Gasteiger charge is 2.22. The van der Waals surface area contributed by atoms with E-state index >= 15 is 0 Å². The minimum Gasteiger partial charge on any atom is -0.320 e. The lowest BCUT2D eigenvalue weighted by Gasteiger charge is -2.03. The van der Waals surface area contributed by atoms with E-state index in [4.69, 9.17) is 11.6 Å². The number of rotatable bonds is 3. The second-order valence-electron chi connectivity index (χ2n) is 4.56. The summed E-state index contributed by atoms with van der Waals surface area (Å²) in [7, 11) is 0. The minimum atomic E-state index is -0.242. The van der Waals surface area contributed by atoms with Gasteiger partial charge in [0.1, 0.15) is 5.01 Å². The molecular weight excluding hydrogens is 296 g/mol. The molecule has 104 valence electrons. The average molecular weight is 309 g/mol. The summed E-state index contributed by atoms with van der Waals surface area (Å²) in [6.07, 6.45) is 2.18.